The number of hydrogen-bond donors (Lipinski definition) is 0. The van der Waals surface area contributed by atoms with Gasteiger partial charge in [0, 0.05) is 6.42 Å². The molecular weight excluding hydrogens is 406 g/mol. The molecule has 32 heavy (non-hydrogen) atoms. The van der Waals surface area contributed by atoms with Gasteiger partial charge in [-0.05, 0) is 54.5 Å². The van der Waals surface area contributed by atoms with Gasteiger partial charge in [-0.2, -0.15) is 0 Å². The van der Waals surface area contributed by atoms with Gasteiger partial charge in [-0.1, -0.05) is 43.0 Å². The van der Waals surface area contributed by atoms with Crippen LogP contribution in [0.1, 0.15) is 40.5 Å². The van der Waals surface area contributed by atoms with Crippen LogP contribution in [-0.4, -0.2) is 34.3 Å². The quantitative estimate of drug-likeness (QED) is 0.384. The number of ether oxygens (including phenoxy) is 1. The zero-order valence-corrected chi connectivity index (χ0v) is 17.5. The molecule has 0 N–H and O–H groups in total. The summed E-state index contributed by atoms with van der Waals surface area (Å²) in [5, 5.41) is 2.03. The van der Waals surface area contributed by atoms with Crippen LogP contribution in [0.15, 0.2) is 73.3 Å². The van der Waals surface area contributed by atoms with Gasteiger partial charge in [0.05, 0.1) is 17.2 Å². The van der Waals surface area contributed by atoms with Crippen molar-refractivity contribution in [2.75, 3.05) is 0 Å². The number of amides is 2. The van der Waals surface area contributed by atoms with Gasteiger partial charge < -0.3 is 4.74 Å². The molecule has 1 aliphatic rings. The molecule has 3 aromatic rings. The van der Waals surface area contributed by atoms with Crippen LogP contribution in [0.25, 0.3) is 10.8 Å². The minimum absolute atomic E-state index is 0.0155. The first-order valence-corrected chi connectivity index (χ1v) is 10.2. The van der Waals surface area contributed by atoms with E-state index in [2.05, 4.69) is 6.58 Å². The summed E-state index contributed by atoms with van der Waals surface area (Å²) in [6, 6.07) is 17.1. The number of benzene rings is 3. The second-order valence-corrected chi connectivity index (χ2v) is 7.61. The molecule has 0 fully saturated rings. The minimum atomic E-state index is -1.03. The van der Waals surface area contributed by atoms with E-state index in [1.807, 2.05) is 36.4 Å². The van der Waals surface area contributed by atoms with Crippen molar-refractivity contribution in [3.05, 3.63) is 84.4 Å². The Balaban J connectivity index is 1.67. The van der Waals surface area contributed by atoms with Crippen molar-refractivity contribution in [1.29, 1.82) is 0 Å². The Morgan fingerprint density at radius 2 is 1.75 bits per heavy atom. The van der Waals surface area contributed by atoms with Crippen LogP contribution in [-0.2, 0) is 9.59 Å². The van der Waals surface area contributed by atoms with E-state index < -0.39 is 17.9 Å². The Morgan fingerprint density at radius 1 is 1.00 bits per heavy atom. The average molecular weight is 427 g/mol. The largest absolute Gasteiger partial charge is 0.456 e. The number of carbonyl (C=O) groups is 4. The summed E-state index contributed by atoms with van der Waals surface area (Å²) in [5.41, 5.74) is 0.293. The first-order chi connectivity index (χ1) is 15.4. The van der Waals surface area contributed by atoms with E-state index in [4.69, 9.17) is 4.74 Å². The van der Waals surface area contributed by atoms with Gasteiger partial charge in [0.25, 0.3) is 11.8 Å². The molecule has 1 aliphatic heterocycles. The second-order valence-electron chi connectivity index (χ2n) is 7.61. The third-order valence-electron chi connectivity index (χ3n) is 5.53. The van der Waals surface area contributed by atoms with Crippen molar-refractivity contribution in [2.45, 2.75) is 25.8 Å². The minimum Gasteiger partial charge on any atom is -0.456 e. The average Bonchev–Trinajstić information content (AvgIpc) is 3.04. The highest BCUT2D eigenvalue weighted by atomic mass is 16.5. The van der Waals surface area contributed by atoms with Gasteiger partial charge in [-0.25, -0.2) is 0 Å². The number of nitrogens with zero attached hydrogens (tertiary/aromatic N) is 1. The molecule has 3 aromatic carbocycles. The number of rotatable bonds is 8. The number of Topliss-reactive ketones (excluding diaryl/α,β-unsaturated/α-hetero) is 1. The molecule has 0 saturated carbocycles. The predicted octanol–water partition coefficient (Wildman–Crippen LogP) is 4.72. The van der Waals surface area contributed by atoms with Crippen LogP contribution in [0.2, 0.25) is 0 Å². The van der Waals surface area contributed by atoms with E-state index in [1.54, 1.807) is 18.2 Å². The monoisotopic (exact) mass is 427 g/mol. The summed E-state index contributed by atoms with van der Waals surface area (Å²) in [4.78, 5) is 51.1. The van der Waals surface area contributed by atoms with Crippen molar-refractivity contribution >= 4 is 34.2 Å². The van der Waals surface area contributed by atoms with E-state index in [0.717, 1.165) is 21.7 Å². The summed E-state index contributed by atoms with van der Waals surface area (Å²) in [6.45, 7) is 4.72. The van der Waals surface area contributed by atoms with Gasteiger partial charge in [-0.15, -0.1) is 0 Å². The normalized spacial score (nSPS) is 13.7. The molecule has 160 valence electrons. The molecule has 0 aliphatic carbocycles. The van der Waals surface area contributed by atoms with Crippen LogP contribution >= 0.6 is 0 Å². The lowest BCUT2D eigenvalue weighted by atomic mass is 10.0. The Morgan fingerprint density at radius 3 is 2.47 bits per heavy atom. The summed E-state index contributed by atoms with van der Waals surface area (Å²) in [7, 11) is 0. The number of ketones is 2. The van der Waals surface area contributed by atoms with Crippen LogP contribution in [0.3, 0.4) is 0 Å². The van der Waals surface area contributed by atoms with Crippen molar-refractivity contribution in [2.24, 2.45) is 0 Å². The van der Waals surface area contributed by atoms with E-state index in [9.17, 15) is 19.2 Å². The van der Waals surface area contributed by atoms with Crippen molar-refractivity contribution in [1.82, 2.24) is 4.90 Å². The molecular formula is C26H21NO5. The lowest BCUT2D eigenvalue weighted by Gasteiger charge is -2.23. The highest BCUT2D eigenvalue weighted by Crippen LogP contribution is 2.36. The molecule has 0 aromatic heterocycles. The number of hydrogen-bond acceptors (Lipinski definition) is 5. The van der Waals surface area contributed by atoms with Crippen LogP contribution in [0.4, 0.5) is 0 Å². The Bertz CT molecular complexity index is 1280. The Labute approximate surface area is 185 Å². The first-order valence-electron chi connectivity index (χ1n) is 10.2. The Kier molecular flexibility index (Phi) is 5.69. The summed E-state index contributed by atoms with van der Waals surface area (Å²) >= 11 is 0. The maximum absolute atomic E-state index is 13.3. The van der Waals surface area contributed by atoms with Crippen LogP contribution in [0.5, 0.6) is 11.5 Å². The number of allylic oxidation sites excluding steroid dienone is 1. The van der Waals surface area contributed by atoms with Gasteiger partial charge in [0.15, 0.2) is 11.6 Å². The van der Waals surface area contributed by atoms with E-state index in [-0.39, 0.29) is 41.3 Å². The van der Waals surface area contributed by atoms with Gasteiger partial charge >= 0.3 is 0 Å². The predicted molar refractivity (Wildman–Crippen MR) is 120 cm³/mol. The first kappa shape index (κ1) is 21.2. The molecule has 6 heteroatoms. The lowest BCUT2D eigenvalue weighted by molar-refractivity contribution is -0.121. The molecule has 2 amide bonds. The molecule has 0 spiro atoms. The molecule has 0 bridgehead atoms. The van der Waals surface area contributed by atoms with Gasteiger partial charge in [0.1, 0.15) is 11.5 Å². The van der Waals surface area contributed by atoms with Crippen molar-refractivity contribution < 1.29 is 23.9 Å². The molecule has 1 atom stereocenters. The molecule has 4 rings (SSSR count). The highest BCUT2D eigenvalue weighted by molar-refractivity contribution is 6.24. The molecule has 6 nitrogen and oxygen atoms in total. The fraction of sp³-hybridized carbons (Fsp3) is 0.154. The zero-order valence-electron chi connectivity index (χ0n) is 17.5. The maximum Gasteiger partial charge on any atom is 0.266 e. The fourth-order valence-corrected chi connectivity index (χ4v) is 3.89. The fourth-order valence-electron chi connectivity index (χ4n) is 3.89. The molecule has 0 saturated heterocycles. The SMILES string of the molecule is C=CC(=O)CCC(C(C)=O)N1C(=O)c2cccc(Oc3ccc4ccccc4c3)c2C1=O. The molecule has 0 radical (unpaired) electrons. The van der Waals surface area contributed by atoms with E-state index in [1.165, 1.54) is 13.0 Å². The second kappa shape index (κ2) is 8.59. The van der Waals surface area contributed by atoms with Crippen LogP contribution in [0, 0.1) is 0 Å². The summed E-state index contributed by atoms with van der Waals surface area (Å²) in [5.74, 6) is -1.03. The summed E-state index contributed by atoms with van der Waals surface area (Å²) < 4.78 is 6.00. The van der Waals surface area contributed by atoms with E-state index >= 15 is 0 Å². The van der Waals surface area contributed by atoms with Crippen molar-refractivity contribution in [3.8, 4) is 11.5 Å². The third kappa shape index (κ3) is 3.83. The number of imide groups is 1. The number of carbonyl (C=O) groups excluding carboxylic acids is 4. The zero-order chi connectivity index (χ0) is 22.8. The Hall–Kier alpha value is -4.06. The summed E-state index contributed by atoms with van der Waals surface area (Å²) in [6.07, 6.45) is 1.23. The van der Waals surface area contributed by atoms with Crippen LogP contribution < -0.4 is 4.74 Å². The molecule has 1 heterocycles. The maximum atomic E-state index is 13.3. The van der Waals surface area contributed by atoms with Gasteiger partial charge in [-0.3, -0.25) is 24.1 Å². The topological polar surface area (TPSA) is 80.8 Å². The third-order valence-corrected chi connectivity index (χ3v) is 5.53. The van der Waals surface area contributed by atoms with E-state index in [0.29, 0.717) is 5.75 Å². The standard InChI is InChI=1S/C26H21NO5/c1-3-19(29)12-14-22(16(2)28)27-25(30)21-9-6-10-23(24(21)26(27)31)32-20-13-11-17-7-4-5-8-18(17)15-20/h3-11,13,15,22H,1,12,14H2,2H3. The highest BCUT2D eigenvalue weighted by Gasteiger charge is 2.43. The smallest absolute Gasteiger partial charge is 0.266 e. The van der Waals surface area contributed by atoms with Crippen molar-refractivity contribution in [3.63, 3.8) is 0 Å². The molecule has 1 unspecified atom stereocenters. The van der Waals surface area contributed by atoms with Gasteiger partial charge in [0.2, 0.25) is 0 Å². The lowest BCUT2D eigenvalue weighted by Crippen LogP contribution is -2.44. The number of fused-ring (bicyclic) bond motifs is 2.